The van der Waals surface area contributed by atoms with Gasteiger partial charge in [-0.2, -0.15) is 0 Å². The number of urea groups is 1. The average molecular weight is 317 g/mol. The van der Waals surface area contributed by atoms with E-state index in [0.29, 0.717) is 25.0 Å². The van der Waals surface area contributed by atoms with Gasteiger partial charge in [0.15, 0.2) is 9.84 Å². The number of carbonyl (C=O) groups is 1. The summed E-state index contributed by atoms with van der Waals surface area (Å²) in [4.78, 5) is 14.3. The molecule has 2 amide bonds. The van der Waals surface area contributed by atoms with Gasteiger partial charge in [-0.1, -0.05) is 6.42 Å². The Morgan fingerprint density at radius 2 is 2.10 bits per heavy atom. The van der Waals surface area contributed by atoms with E-state index < -0.39 is 9.84 Å². The highest BCUT2D eigenvalue weighted by molar-refractivity contribution is 7.91. The summed E-state index contributed by atoms with van der Waals surface area (Å²) in [5.41, 5.74) is 0. The average Bonchev–Trinajstić information content (AvgIpc) is 2.75. The molecule has 2 aliphatic rings. The molecule has 0 aromatic rings. The van der Waals surface area contributed by atoms with Crippen LogP contribution in [-0.2, 0) is 9.84 Å². The first kappa shape index (κ1) is 16.5. The normalized spacial score (nSPS) is 30.8. The van der Waals surface area contributed by atoms with E-state index in [4.69, 9.17) is 0 Å². The molecule has 122 valence electrons. The van der Waals surface area contributed by atoms with Gasteiger partial charge in [0.05, 0.1) is 11.5 Å². The van der Waals surface area contributed by atoms with Gasteiger partial charge in [-0.25, -0.2) is 13.2 Å². The van der Waals surface area contributed by atoms with Crippen molar-refractivity contribution in [1.82, 2.24) is 15.5 Å². The number of nitrogens with one attached hydrogen (secondary N) is 2. The van der Waals surface area contributed by atoms with Crippen molar-refractivity contribution in [3.05, 3.63) is 0 Å². The van der Waals surface area contributed by atoms with Crippen molar-refractivity contribution in [3.63, 3.8) is 0 Å². The van der Waals surface area contributed by atoms with Crippen LogP contribution in [0, 0.1) is 0 Å². The Hall–Kier alpha value is -0.820. The maximum atomic E-state index is 11.8. The minimum Gasteiger partial charge on any atom is -0.337 e. The van der Waals surface area contributed by atoms with Crippen LogP contribution in [0.4, 0.5) is 4.79 Å². The molecule has 2 saturated heterocycles. The molecule has 0 aliphatic carbocycles. The standard InChI is InChI=1S/C14H27N3O3S/c1-11-5-3-4-7-17(11)12(2)9-15-14(18)16-13-6-8-21(19,20)10-13/h11-13H,3-10H2,1-2H3,(H2,15,16,18)/t11-,12+,13+/m1/s1. The third-order valence-corrected chi connectivity index (χ3v) is 6.31. The van der Waals surface area contributed by atoms with Crippen LogP contribution >= 0.6 is 0 Å². The van der Waals surface area contributed by atoms with Crippen molar-refractivity contribution >= 4 is 15.9 Å². The van der Waals surface area contributed by atoms with Crippen molar-refractivity contribution in [3.8, 4) is 0 Å². The van der Waals surface area contributed by atoms with Crippen molar-refractivity contribution in [2.45, 2.75) is 57.7 Å². The molecule has 6 nitrogen and oxygen atoms in total. The van der Waals surface area contributed by atoms with Crippen LogP contribution in [0.1, 0.15) is 39.5 Å². The van der Waals surface area contributed by atoms with Crippen LogP contribution in [0.15, 0.2) is 0 Å². The first-order valence-corrected chi connectivity index (χ1v) is 9.70. The minimum absolute atomic E-state index is 0.0686. The molecular weight excluding hydrogens is 290 g/mol. The maximum Gasteiger partial charge on any atom is 0.315 e. The number of carbonyl (C=O) groups excluding carboxylic acids is 1. The first-order valence-electron chi connectivity index (χ1n) is 7.88. The third kappa shape index (κ3) is 4.85. The van der Waals surface area contributed by atoms with Crippen LogP contribution in [0.5, 0.6) is 0 Å². The predicted molar refractivity (Wildman–Crippen MR) is 83.1 cm³/mol. The lowest BCUT2D eigenvalue weighted by molar-refractivity contribution is 0.114. The molecule has 0 radical (unpaired) electrons. The molecule has 2 fully saturated rings. The fourth-order valence-corrected chi connectivity index (χ4v) is 4.95. The Labute approximate surface area is 127 Å². The summed E-state index contributed by atoms with van der Waals surface area (Å²) in [5.74, 6) is 0.249. The zero-order chi connectivity index (χ0) is 15.5. The zero-order valence-electron chi connectivity index (χ0n) is 13.0. The monoisotopic (exact) mass is 317 g/mol. The zero-order valence-corrected chi connectivity index (χ0v) is 13.8. The van der Waals surface area contributed by atoms with E-state index in [9.17, 15) is 13.2 Å². The molecule has 0 unspecified atom stereocenters. The van der Waals surface area contributed by atoms with Gasteiger partial charge in [0.25, 0.3) is 0 Å². The van der Waals surface area contributed by atoms with E-state index in [0.717, 1.165) is 6.54 Å². The van der Waals surface area contributed by atoms with Gasteiger partial charge in [-0.05, 0) is 39.7 Å². The highest BCUT2D eigenvalue weighted by Crippen LogP contribution is 2.18. The van der Waals surface area contributed by atoms with Crippen LogP contribution in [0.25, 0.3) is 0 Å². The summed E-state index contributed by atoms with van der Waals surface area (Å²) in [6, 6.07) is 0.379. The highest BCUT2D eigenvalue weighted by atomic mass is 32.2. The molecule has 3 atom stereocenters. The molecule has 2 rings (SSSR count). The summed E-state index contributed by atoms with van der Waals surface area (Å²) in [7, 11) is -2.95. The van der Waals surface area contributed by atoms with E-state index in [1.54, 1.807) is 0 Å². The number of hydrogen-bond acceptors (Lipinski definition) is 4. The second kappa shape index (κ2) is 6.96. The lowest BCUT2D eigenvalue weighted by Gasteiger charge is -2.38. The summed E-state index contributed by atoms with van der Waals surface area (Å²) in [5, 5.41) is 5.62. The van der Waals surface area contributed by atoms with Crippen LogP contribution in [0.3, 0.4) is 0 Å². The molecule has 21 heavy (non-hydrogen) atoms. The van der Waals surface area contributed by atoms with Crippen LogP contribution in [-0.4, -0.2) is 62.1 Å². The minimum atomic E-state index is -2.95. The largest absolute Gasteiger partial charge is 0.337 e. The molecular formula is C14H27N3O3S. The number of piperidine rings is 1. The second-order valence-corrected chi connectivity index (χ2v) is 8.61. The van der Waals surface area contributed by atoms with Crippen molar-refractivity contribution in [2.24, 2.45) is 0 Å². The van der Waals surface area contributed by atoms with Crippen molar-refractivity contribution < 1.29 is 13.2 Å². The van der Waals surface area contributed by atoms with E-state index in [-0.39, 0.29) is 23.6 Å². The quantitative estimate of drug-likeness (QED) is 0.801. The molecule has 0 spiro atoms. The Morgan fingerprint density at radius 3 is 2.71 bits per heavy atom. The molecule has 2 heterocycles. The molecule has 0 aromatic carbocycles. The lowest BCUT2D eigenvalue weighted by atomic mass is 10.0. The summed E-state index contributed by atoms with van der Waals surface area (Å²) in [6.45, 7) is 6.05. The fraction of sp³-hybridized carbons (Fsp3) is 0.929. The number of sulfone groups is 1. The molecule has 2 aliphatic heterocycles. The summed E-state index contributed by atoms with van der Waals surface area (Å²) < 4.78 is 22.7. The molecule has 7 heteroatoms. The molecule has 0 aromatic heterocycles. The van der Waals surface area contributed by atoms with Crippen LogP contribution < -0.4 is 10.6 Å². The number of amides is 2. The Balaban J connectivity index is 1.71. The molecule has 0 bridgehead atoms. The van der Waals surface area contributed by atoms with E-state index >= 15 is 0 Å². The van der Waals surface area contributed by atoms with Gasteiger partial charge in [0.2, 0.25) is 0 Å². The predicted octanol–water partition coefficient (Wildman–Crippen LogP) is 0.736. The van der Waals surface area contributed by atoms with Crippen molar-refractivity contribution in [2.75, 3.05) is 24.6 Å². The van der Waals surface area contributed by atoms with Gasteiger partial charge >= 0.3 is 6.03 Å². The number of hydrogen-bond donors (Lipinski definition) is 2. The van der Waals surface area contributed by atoms with Crippen molar-refractivity contribution in [1.29, 1.82) is 0 Å². The first-order chi connectivity index (χ1) is 9.87. The van der Waals surface area contributed by atoms with Crippen LogP contribution in [0.2, 0.25) is 0 Å². The van der Waals surface area contributed by atoms with E-state index in [1.165, 1.54) is 19.3 Å². The number of likely N-dealkylation sites (tertiary alicyclic amines) is 1. The second-order valence-electron chi connectivity index (χ2n) is 6.39. The van der Waals surface area contributed by atoms with Gasteiger partial charge in [-0.15, -0.1) is 0 Å². The fourth-order valence-electron chi connectivity index (χ4n) is 3.28. The van der Waals surface area contributed by atoms with Gasteiger partial charge in [-0.3, -0.25) is 4.90 Å². The SMILES string of the molecule is C[C@@H]1CCCCN1[C@@H](C)CNC(=O)N[C@H]1CCS(=O)(=O)C1. The topological polar surface area (TPSA) is 78.5 Å². The Kier molecular flexibility index (Phi) is 5.48. The molecule has 2 N–H and O–H groups in total. The molecule has 0 saturated carbocycles. The number of rotatable bonds is 4. The van der Waals surface area contributed by atoms with E-state index in [1.807, 2.05) is 0 Å². The summed E-state index contributed by atoms with van der Waals surface area (Å²) >= 11 is 0. The van der Waals surface area contributed by atoms with Gasteiger partial charge in [0, 0.05) is 24.7 Å². The Morgan fingerprint density at radius 1 is 1.33 bits per heavy atom. The lowest BCUT2D eigenvalue weighted by Crippen LogP contribution is -2.51. The van der Waals surface area contributed by atoms with E-state index in [2.05, 4.69) is 29.4 Å². The highest BCUT2D eigenvalue weighted by Gasteiger charge is 2.29. The summed E-state index contributed by atoms with van der Waals surface area (Å²) in [6.07, 6.45) is 4.25. The third-order valence-electron chi connectivity index (χ3n) is 4.55. The smallest absolute Gasteiger partial charge is 0.315 e. The Bertz CT molecular complexity index is 466. The number of nitrogens with zero attached hydrogens (tertiary/aromatic N) is 1. The maximum absolute atomic E-state index is 11.8. The van der Waals surface area contributed by atoms with Gasteiger partial charge in [0.1, 0.15) is 0 Å². The van der Waals surface area contributed by atoms with Gasteiger partial charge < -0.3 is 10.6 Å².